The summed E-state index contributed by atoms with van der Waals surface area (Å²) in [5.41, 5.74) is 3.69. The van der Waals surface area contributed by atoms with Crippen LogP contribution in [-0.4, -0.2) is 23.7 Å². The largest absolute Gasteiger partial charge is 0.504 e. The van der Waals surface area contributed by atoms with Gasteiger partial charge in [-0.2, -0.15) is 0 Å². The van der Waals surface area contributed by atoms with Crippen molar-refractivity contribution in [1.29, 1.82) is 0 Å². The Bertz CT molecular complexity index is 662. The summed E-state index contributed by atoms with van der Waals surface area (Å²) in [4.78, 5) is 2.45. The van der Waals surface area contributed by atoms with Crippen molar-refractivity contribution in [3.8, 4) is 11.5 Å². The molecular weight excluding hydrogens is 254 g/mol. The number of phenolic OH excluding ortho intramolecular Hbond substituents is 1. The third kappa shape index (κ3) is 1.58. The van der Waals surface area contributed by atoms with E-state index in [4.69, 9.17) is 9.15 Å². The van der Waals surface area contributed by atoms with E-state index in [0.717, 1.165) is 37.3 Å². The molecule has 4 nitrogen and oxygen atoms in total. The van der Waals surface area contributed by atoms with E-state index in [1.165, 1.54) is 11.1 Å². The van der Waals surface area contributed by atoms with Crippen LogP contribution >= 0.6 is 0 Å². The molecule has 0 radical (unpaired) electrons. The van der Waals surface area contributed by atoms with Gasteiger partial charge in [-0.1, -0.05) is 6.07 Å². The molecule has 3 heterocycles. The minimum Gasteiger partial charge on any atom is -0.504 e. The molecule has 4 rings (SSSR count). The maximum atomic E-state index is 9.93. The van der Waals surface area contributed by atoms with Gasteiger partial charge < -0.3 is 14.3 Å². The zero-order valence-corrected chi connectivity index (χ0v) is 11.4. The Hall–Kier alpha value is -1.94. The van der Waals surface area contributed by atoms with Crippen molar-refractivity contribution in [1.82, 2.24) is 4.90 Å². The van der Waals surface area contributed by atoms with E-state index in [1.54, 1.807) is 19.4 Å². The third-order valence-electron chi connectivity index (χ3n) is 4.52. The summed E-state index contributed by atoms with van der Waals surface area (Å²) in [5.74, 6) is 1.98. The van der Waals surface area contributed by atoms with Crippen molar-refractivity contribution in [2.24, 2.45) is 0 Å². The van der Waals surface area contributed by atoms with Gasteiger partial charge in [-0.25, -0.2) is 0 Å². The smallest absolute Gasteiger partial charge is 0.165 e. The maximum absolute atomic E-state index is 9.93. The highest BCUT2D eigenvalue weighted by atomic mass is 16.5. The number of benzene rings is 1. The van der Waals surface area contributed by atoms with Gasteiger partial charge in [0, 0.05) is 36.7 Å². The van der Waals surface area contributed by atoms with Crippen LogP contribution in [0.1, 0.15) is 28.5 Å². The molecule has 2 aromatic rings. The second-order valence-corrected chi connectivity index (χ2v) is 5.50. The zero-order chi connectivity index (χ0) is 13.7. The standard InChI is InChI=1S/C16H17NO3/c1-19-16-12-9-17-6-4-15-11(5-7-20-15)13(17)8-10(12)2-3-14(16)18/h2-3,5,7,13,18H,4,6,8-9H2,1H3. The summed E-state index contributed by atoms with van der Waals surface area (Å²) < 4.78 is 10.9. The summed E-state index contributed by atoms with van der Waals surface area (Å²) in [6.07, 6.45) is 3.69. The van der Waals surface area contributed by atoms with Gasteiger partial charge >= 0.3 is 0 Å². The summed E-state index contributed by atoms with van der Waals surface area (Å²) in [7, 11) is 1.62. The van der Waals surface area contributed by atoms with E-state index in [2.05, 4.69) is 11.0 Å². The molecule has 4 heteroatoms. The van der Waals surface area contributed by atoms with Crippen molar-refractivity contribution < 1.29 is 14.3 Å². The van der Waals surface area contributed by atoms with Crippen molar-refractivity contribution in [2.45, 2.75) is 25.4 Å². The van der Waals surface area contributed by atoms with Crippen LogP contribution < -0.4 is 4.74 Å². The summed E-state index contributed by atoms with van der Waals surface area (Å²) in [5, 5.41) is 9.93. The number of furan rings is 1. The number of aromatic hydroxyl groups is 1. The lowest BCUT2D eigenvalue weighted by molar-refractivity contribution is 0.151. The number of hydrogen-bond donors (Lipinski definition) is 1. The van der Waals surface area contributed by atoms with Gasteiger partial charge in [-0.05, 0) is 24.1 Å². The number of nitrogens with zero attached hydrogens (tertiary/aromatic N) is 1. The topological polar surface area (TPSA) is 45.8 Å². The quantitative estimate of drug-likeness (QED) is 0.866. The molecule has 0 fully saturated rings. The molecule has 0 bridgehead atoms. The molecule has 0 saturated heterocycles. The second-order valence-electron chi connectivity index (χ2n) is 5.50. The fraction of sp³-hybridized carbons (Fsp3) is 0.375. The van der Waals surface area contributed by atoms with Crippen LogP contribution in [0.3, 0.4) is 0 Å². The average molecular weight is 271 g/mol. The van der Waals surface area contributed by atoms with Crippen LogP contribution in [0.2, 0.25) is 0 Å². The minimum atomic E-state index is 0.228. The number of ether oxygens (including phenoxy) is 1. The first kappa shape index (κ1) is 11.9. The molecule has 0 aliphatic carbocycles. The fourth-order valence-electron chi connectivity index (χ4n) is 3.54. The highest BCUT2D eigenvalue weighted by Crippen LogP contribution is 2.43. The van der Waals surface area contributed by atoms with E-state index in [1.807, 2.05) is 6.07 Å². The molecular formula is C16H17NO3. The minimum absolute atomic E-state index is 0.228. The van der Waals surface area contributed by atoms with E-state index in [9.17, 15) is 5.11 Å². The van der Waals surface area contributed by atoms with Crippen LogP contribution in [-0.2, 0) is 19.4 Å². The second kappa shape index (κ2) is 4.28. The molecule has 1 unspecified atom stereocenters. The van der Waals surface area contributed by atoms with Crippen molar-refractivity contribution in [3.63, 3.8) is 0 Å². The van der Waals surface area contributed by atoms with Crippen LogP contribution in [0.15, 0.2) is 28.9 Å². The van der Waals surface area contributed by atoms with E-state index in [0.29, 0.717) is 11.8 Å². The summed E-state index contributed by atoms with van der Waals surface area (Å²) >= 11 is 0. The van der Waals surface area contributed by atoms with Gasteiger partial charge in [-0.15, -0.1) is 0 Å². The average Bonchev–Trinajstić information content (AvgIpc) is 2.94. The molecule has 2 aliphatic heterocycles. The Labute approximate surface area is 117 Å². The Morgan fingerprint density at radius 2 is 2.25 bits per heavy atom. The van der Waals surface area contributed by atoms with Crippen molar-refractivity contribution in [2.75, 3.05) is 13.7 Å². The zero-order valence-electron chi connectivity index (χ0n) is 11.4. The first-order chi connectivity index (χ1) is 9.78. The third-order valence-corrected chi connectivity index (χ3v) is 4.52. The normalized spacial score (nSPS) is 20.9. The van der Waals surface area contributed by atoms with Gasteiger partial charge in [0.1, 0.15) is 5.76 Å². The number of hydrogen-bond acceptors (Lipinski definition) is 4. The predicted octanol–water partition coefficient (Wildman–Crippen LogP) is 2.65. The Morgan fingerprint density at radius 1 is 1.35 bits per heavy atom. The molecule has 1 aromatic carbocycles. The molecule has 0 saturated carbocycles. The monoisotopic (exact) mass is 271 g/mol. The van der Waals surface area contributed by atoms with Crippen LogP contribution in [0.5, 0.6) is 11.5 Å². The van der Waals surface area contributed by atoms with Crippen LogP contribution in [0.25, 0.3) is 0 Å². The van der Waals surface area contributed by atoms with Crippen LogP contribution in [0.4, 0.5) is 0 Å². The Balaban J connectivity index is 1.79. The highest BCUT2D eigenvalue weighted by Gasteiger charge is 2.35. The van der Waals surface area contributed by atoms with E-state index >= 15 is 0 Å². The lowest BCUT2D eigenvalue weighted by Crippen LogP contribution is -2.38. The Morgan fingerprint density at radius 3 is 3.10 bits per heavy atom. The van der Waals surface area contributed by atoms with Gasteiger partial charge in [-0.3, -0.25) is 4.90 Å². The van der Waals surface area contributed by atoms with Gasteiger partial charge in [0.05, 0.1) is 13.4 Å². The van der Waals surface area contributed by atoms with Gasteiger partial charge in [0.2, 0.25) is 0 Å². The molecule has 0 amide bonds. The number of rotatable bonds is 1. The summed E-state index contributed by atoms with van der Waals surface area (Å²) in [6.45, 7) is 1.81. The molecule has 2 aliphatic rings. The van der Waals surface area contributed by atoms with Crippen molar-refractivity contribution in [3.05, 3.63) is 46.9 Å². The predicted molar refractivity (Wildman–Crippen MR) is 73.9 cm³/mol. The fourth-order valence-corrected chi connectivity index (χ4v) is 3.54. The van der Waals surface area contributed by atoms with Gasteiger partial charge in [0.25, 0.3) is 0 Å². The molecule has 1 atom stereocenters. The maximum Gasteiger partial charge on any atom is 0.165 e. The SMILES string of the molecule is COc1c(O)ccc2c1CN1CCc3occc3C1C2. The molecule has 0 spiro atoms. The molecule has 104 valence electrons. The van der Waals surface area contributed by atoms with Gasteiger partial charge in [0.15, 0.2) is 11.5 Å². The van der Waals surface area contributed by atoms with Crippen LogP contribution in [0, 0.1) is 0 Å². The first-order valence-corrected chi connectivity index (χ1v) is 6.96. The lowest BCUT2D eigenvalue weighted by Gasteiger charge is -2.40. The molecule has 1 N–H and O–H groups in total. The Kier molecular flexibility index (Phi) is 2.54. The first-order valence-electron chi connectivity index (χ1n) is 6.96. The molecule has 20 heavy (non-hydrogen) atoms. The van der Waals surface area contributed by atoms with Crippen molar-refractivity contribution >= 4 is 0 Å². The summed E-state index contributed by atoms with van der Waals surface area (Å²) in [6, 6.07) is 6.22. The highest BCUT2D eigenvalue weighted by molar-refractivity contribution is 5.51. The molecule has 1 aromatic heterocycles. The number of phenols is 1. The number of methoxy groups -OCH3 is 1. The number of fused-ring (bicyclic) bond motifs is 4. The van der Waals surface area contributed by atoms with E-state index in [-0.39, 0.29) is 5.75 Å². The van der Waals surface area contributed by atoms with E-state index < -0.39 is 0 Å². The lowest BCUT2D eigenvalue weighted by atomic mass is 9.86.